The largest absolute Gasteiger partial charge is 0.477 e. The Morgan fingerprint density at radius 3 is 2.58 bits per heavy atom. The second kappa shape index (κ2) is 3.44. The van der Waals surface area contributed by atoms with E-state index in [1.807, 2.05) is 0 Å². The SMILES string of the molecule is CS(=O)c1ccc(C(=O)O)nc1. The lowest BCUT2D eigenvalue weighted by Crippen LogP contribution is -2.00. The Morgan fingerprint density at radius 2 is 2.25 bits per heavy atom. The standard InChI is InChI=1S/C7H7NO3S/c1-12(11)5-2-3-6(7(9)10)8-4-5/h2-4H,1H3,(H,9,10). The highest BCUT2D eigenvalue weighted by molar-refractivity contribution is 7.84. The van der Waals surface area contributed by atoms with Crippen LogP contribution in [0, 0.1) is 0 Å². The molecular formula is C7H7NO3S. The number of nitrogens with zero attached hydrogens (tertiary/aromatic N) is 1. The van der Waals surface area contributed by atoms with Crippen molar-refractivity contribution in [3.8, 4) is 0 Å². The molecule has 0 aliphatic heterocycles. The van der Waals surface area contributed by atoms with Crippen molar-refractivity contribution in [3.05, 3.63) is 24.0 Å². The van der Waals surface area contributed by atoms with Crippen molar-refractivity contribution in [2.24, 2.45) is 0 Å². The van der Waals surface area contributed by atoms with Gasteiger partial charge in [0.05, 0.1) is 15.7 Å². The Bertz CT molecular complexity index is 287. The van der Waals surface area contributed by atoms with Gasteiger partial charge in [0.25, 0.3) is 0 Å². The summed E-state index contributed by atoms with van der Waals surface area (Å²) in [5, 5.41) is 8.48. The zero-order chi connectivity index (χ0) is 9.14. The molecule has 12 heavy (non-hydrogen) atoms. The molecule has 0 fully saturated rings. The fourth-order valence-corrected chi connectivity index (χ4v) is 1.14. The molecule has 1 aromatic heterocycles. The van der Waals surface area contributed by atoms with Crippen LogP contribution < -0.4 is 0 Å². The zero-order valence-electron chi connectivity index (χ0n) is 6.35. The third-order valence-electron chi connectivity index (χ3n) is 1.29. The first-order valence-corrected chi connectivity index (χ1v) is 4.70. The Balaban J connectivity index is 3.01. The number of aromatic nitrogens is 1. The van der Waals surface area contributed by atoms with Crippen molar-refractivity contribution < 1.29 is 14.1 Å². The smallest absolute Gasteiger partial charge is 0.354 e. The number of rotatable bonds is 2. The van der Waals surface area contributed by atoms with Crippen LogP contribution >= 0.6 is 0 Å². The number of hydrogen-bond donors (Lipinski definition) is 1. The molecule has 0 saturated carbocycles. The van der Waals surface area contributed by atoms with Gasteiger partial charge in [0.1, 0.15) is 5.69 Å². The van der Waals surface area contributed by atoms with Crippen LogP contribution in [0.1, 0.15) is 10.5 Å². The minimum Gasteiger partial charge on any atom is -0.477 e. The van der Waals surface area contributed by atoms with Gasteiger partial charge in [-0.3, -0.25) is 4.21 Å². The average molecular weight is 185 g/mol. The van der Waals surface area contributed by atoms with Crippen LogP contribution in [0.4, 0.5) is 0 Å². The summed E-state index contributed by atoms with van der Waals surface area (Å²) < 4.78 is 10.9. The second-order valence-electron chi connectivity index (χ2n) is 2.14. The summed E-state index contributed by atoms with van der Waals surface area (Å²) in [6.07, 6.45) is 2.82. The molecule has 1 aromatic rings. The minimum absolute atomic E-state index is 0.0378. The number of carbonyl (C=O) groups is 1. The zero-order valence-corrected chi connectivity index (χ0v) is 7.17. The highest BCUT2D eigenvalue weighted by atomic mass is 32.2. The third-order valence-corrected chi connectivity index (χ3v) is 2.19. The Hall–Kier alpha value is -1.23. The summed E-state index contributed by atoms with van der Waals surface area (Å²) in [7, 11) is -1.11. The highest BCUT2D eigenvalue weighted by Gasteiger charge is 2.04. The van der Waals surface area contributed by atoms with Gasteiger partial charge in [0, 0.05) is 12.5 Å². The van der Waals surface area contributed by atoms with Crippen LogP contribution in [0.25, 0.3) is 0 Å². The Labute approximate surface area is 71.7 Å². The highest BCUT2D eigenvalue weighted by Crippen LogP contribution is 2.03. The van der Waals surface area contributed by atoms with Gasteiger partial charge in [-0.2, -0.15) is 0 Å². The maximum Gasteiger partial charge on any atom is 0.354 e. The fraction of sp³-hybridized carbons (Fsp3) is 0.143. The molecule has 0 saturated heterocycles. The lowest BCUT2D eigenvalue weighted by atomic mass is 10.4. The first-order chi connectivity index (χ1) is 5.61. The predicted octanol–water partition coefficient (Wildman–Crippen LogP) is 0.517. The molecular weight excluding hydrogens is 178 g/mol. The van der Waals surface area contributed by atoms with Crippen LogP contribution in [0.5, 0.6) is 0 Å². The molecule has 0 radical (unpaired) electrons. The number of hydrogen-bond acceptors (Lipinski definition) is 3. The van der Waals surface area contributed by atoms with Crippen molar-refractivity contribution >= 4 is 16.8 Å². The molecule has 0 aliphatic carbocycles. The molecule has 0 spiro atoms. The summed E-state index contributed by atoms with van der Waals surface area (Å²) in [5.41, 5.74) is -0.0378. The molecule has 4 nitrogen and oxygen atoms in total. The Kier molecular flexibility index (Phi) is 2.54. The topological polar surface area (TPSA) is 67.3 Å². The number of carboxylic acid groups (broad SMARTS) is 1. The summed E-state index contributed by atoms with van der Waals surface area (Å²) in [6, 6.07) is 2.83. The fourth-order valence-electron chi connectivity index (χ4n) is 0.677. The Morgan fingerprint density at radius 1 is 1.58 bits per heavy atom. The first-order valence-electron chi connectivity index (χ1n) is 3.14. The van der Waals surface area contributed by atoms with Crippen LogP contribution in [0.15, 0.2) is 23.2 Å². The normalized spacial score (nSPS) is 12.4. The van der Waals surface area contributed by atoms with Crippen LogP contribution in [0.2, 0.25) is 0 Å². The number of aromatic carboxylic acids is 1. The van der Waals surface area contributed by atoms with Gasteiger partial charge >= 0.3 is 5.97 Å². The first kappa shape index (κ1) is 8.86. The van der Waals surface area contributed by atoms with Gasteiger partial charge < -0.3 is 5.11 Å². The predicted molar refractivity (Wildman–Crippen MR) is 43.5 cm³/mol. The molecule has 1 N–H and O–H groups in total. The summed E-state index contributed by atoms with van der Waals surface area (Å²) in [4.78, 5) is 14.5. The molecule has 64 valence electrons. The monoisotopic (exact) mass is 185 g/mol. The molecule has 1 atom stereocenters. The third kappa shape index (κ3) is 1.88. The maximum atomic E-state index is 10.9. The lowest BCUT2D eigenvalue weighted by Gasteiger charge is -1.95. The van der Waals surface area contributed by atoms with Crippen molar-refractivity contribution in [3.63, 3.8) is 0 Å². The van der Waals surface area contributed by atoms with Crippen LogP contribution in [-0.4, -0.2) is 26.5 Å². The quantitative estimate of drug-likeness (QED) is 0.729. The van der Waals surface area contributed by atoms with Gasteiger partial charge in [0.15, 0.2) is 0 Å². The van der Waals surface area contributed by atoms with E-state index in [4.69, 9.17) is 5.11 Å². The van der Waals surface area contributed by atoms with Crippen molar-refractivity contribution in [2.75, 3.05) is 6.26 Å². The molecule has 0 bridgehead atoms. The summed E-state index contributed by atoms with van der Waals surface area (Å²) in [5.74, 6) is -1.08. The molecule has 5 heteroatoms. The van der Waals surface area contributed by atoms with E-state index in [1.165, 1.54) is 24.6 Å². The van der Waals surface area contributed by atoms with E-state index in [9.17, 15) is 9.00 Å². The molecule has 0 aliphatic rings. The van der Waals surface area contributed by atoms with Gasteiger partial charge in [0.2, 0.25) is 0 Å². The molecule has 1 rings (SSSR count). The molecule has 1 heterocycles. The van der Waals surface area contributed by atoms with Gasteiger partial charge in [-0.05, 0) is 12.1 Å². The van der Waals surface area contributed by atoms with E-state index in [0.29, 0.717) is 4.90 Å². The van der Waals surface area contributed by atoms with E-state index < -0.39 is 16.8 Å². The van der Waals surface area contributed by atoms with Crippen molar-refractivity contribution in [1.82, 2.24) is 4.98 Å². The second-order valence-corrected chi connectivity index (χ2v) is 3.52. The molecule has 0 aromatic carbocycles. The maximum absolute atomic E-state index is 10.9. The van der Waals surface area contributed by atoms with Crippen molar-refractivity contribution in [2.45, 2.75) is 4.90 Å². The van der Waals surface area contributed by atoms with E-state index in [1.54, 1.807) is 0 Å². The van der Waals surface area contributed by atoms with E-state index in [-0.39, 0.29) is 5.69 Å². The lowest BCUT2D eigenvalue weighted by molar-refractivity contribution is 0.0690. The average Bonchev–Trinajstić information content (AvgIpc) is 2.04. The van der Waals surface area contributed by atoms with E-state index >= 15 is 0 Å². The number of carboxylic acids is 1. The van der Waals surface area contributed by atoms with E-state index in [0.717, 1.165) is 0 Å². The minimum atomic E-state index is -1.11. The van der Waals surface area contributed by atoms with Crippen LogP contribution in [0.3, 0.4) is 0 Å². The summed E-state index contributed by atoms with van der Waals surface area (Å²) in [6.45, 7) is 0. The van der Waals surface area contributed by atoms with Crippen molar-refractivity contribution in [1.29, 1.82) is 0 Å². The number of pyridine rings is 1. The van der Waals surface area contributed by atoms with Crippen LogP contribution in [-0.2, 0) is 10.8 Å². The van der Waals surface area contributed by atoms with E-state index in [2.05, 4.69) is 4.98 Å². The van der Waals surface area contributed by atoms with Gasteiger partial charge in [-0.1, -0.05) is 0 Å². The van der Waals surface area contributed by atoms with Gasteiger partial charge in [-0.25, -0.2) is 9.78 Å². The molecule has 1 unspecified atom stereocenters. The van der Waals surface area contributed by atoms with Gasteiger partial charge in [-0.15, -0.1) is 0 Å². The molecule has 0 amide bonds. The summed E-state index contributed by atoms with van der Waals surface area (Å²) >= 11 is 0.